The highest BCUT2D eigenvalue weighted by Crippen LogP contribution is 2.34. The van der Waals surface area contributed by atoms with Crippen LogP contribution in [-0.4, -0.2) is 58.7 Å². The Kier molecular flexibility index (Phi) is 5.67. The first-order valence-corrected chi connectivity index (χ1v) is 8.90. The minimum absolute atomic E-state index is 0.373. The van der Waals surface area contributed by atoms with Gasteiger partial charge in [-0.1, -0.05) is 20.3 Å². The summed E-state index contributed by atoms with van der Waals surface area (Å²) in [4.78, 5) is 7.04. The first-order chi connectivity index (χ1) is 11.2. The van der Waals surface area contributed by atoms with E-state index in [1.165, 1.54) is 19.3 Å². The molecule has 1 aromatic heterocycles. The van der Waals surface area contributed by atoms with E-state index in [1.54, 1.807) is 6.33 Å². The van der Waals surface area contributed by atoms with Crippen LogP contribution in [0.4, 0.5) is 0 Å². The molecule has 1 saturated carbocycles. The van der Waals surface area contributed by atoms with E-state index in [4.69, 9.17) is 9.47 Å². The van der Waals surface area contributed by atoms with Crippen LogP contribution < -0.4 is 0 Å². The van der Waals surface area contributed by atoms with E-state index in [-0.39, 0.29) is 0 Å². The zero-order valence-electron chi connectivity index (χ0n) is 14.6. The third-order valence-corrected chi connectivity index (χ3v) is 5.16. The Hall–Kier alpha value is -0.980. The first kappa shape index (κ1) is 16.9. The van der Waals surface area contributed by atoms with E-state index in [0.29, 0.717) is 24.0 Å². The van der Waals surface area contributed by atoms with Crippen molar-refractivity contribution in [1.82, 2.24) is 19.7 Å². The maximum atomic E-state index is 5.79. The molecule has 2 aliphatic rings. The molecule has 0 N–H and O–H groups in total. The van der Waals surface area contributed by atoms with Gasteiger partial charge in [-0.25, -0.2) is 9.67 Å². The van der Waals surface area contributed by atoms with Crippen LogP contribution in [0.1, 0.15) is 38.9 Å². The smallest absolute Gasteiger partial charge is 0.141 e. The minimum atomic E-state index is 0.373. The van der Waals surface area contributed by atoms with Gasteiger partial charge in [0.25, 0.3) is 0 Å². The second-order valence-corrected chi connectivity index (χ2v) is 7.23. The van der Waals surface area contributed by atoms with Crippen LogP contribution in [0, 0.1) is 11.8 Å². The van der Waals surface area contributed by atoms with Gasteiger partial charge in [0.05, 0.1) is 25.9 Å². The molecule has 6 heteroatoms. The molecular formula is C17H30N4O2. The molecule has 0 unspecified atom stereocenters. The van der Waals surface area contributed by atoms with Crippen molar-refractivity contribution in [2.24, 2.45) is 11.8 Å². The predicted octanol–water partition coefficient (Wildman–Crippen LogP) is 1.95. The van der Waals surface area contributed by atoms with Crippen molar-refractivity contribution in [2.45, 2.75) is 58.3 Å². The van der Waals surface area contributed by atoms with Crippen molar-refractivity contribution in [1.29, 1.82) is 0 Å². The number of morpholine rings is 1. The Balaban J connectivity index is 1.71. The molecule has 3 rings (SSSR count). The Morgan fingerprint density at radius 3 is 3.04 bits per heavy atom. The molecule has 1 saturated heterocycles. The monoisotopic (exact) mass is 322 g/mol. The predicted molar refractivity (Wildman–Crippen MR) is 88.0 cm³/mol. The molecule has 2 heterocycles. The average molecular weight is 322 g/mol. The van der Waals surface area contributed by atoms with Gasteiger partial charge in [-0.15, -0.1) is 0 Å². The van der Waals surface area contributed by atoms with E-state index < -0.39 is 0 Å². The Morgan fingerprint density at radius 2 is 2.26 bits per heavy atom. The standard InChI is InChI=1S/C17H30N4O2/c1-13(2)9-21-17(18-12-19-21)10-20-7-8-23-11-15(20)14-5-4-6-16(14)22-3/h12-16H,4-11H2,1-3H3/t14-,15-,16-/m1/s1. The van der Waals surface area contributed by atoms with Gasteiger partial charge in [-0.05, 0) is 18.8 Å². The van der Waals surface area contributed by atoms with E-state index in [2.05, 4.69) is 33.5 Å². The summed E-state index contributed by atoms with van der Waals surface area (Å²) >= 11 is 0. The van der Waals surface area contributed by atoms with Gasteiger partial charge in [0, 0.05) is 32.2 Å². The number of methoxy groups -OCH3 is 1. The zero-order chi connectivity index (χ0) is 16.2. The summed E-state index contributed by atoms with van der Waals surface area (Å²) in [6.45, 7) is 8.78. The molecule has 6 nitrogen and oxygen atoms in total. The highest BCUT2D eigenvalue weighted by atomic mass is 16.5. The number of ether oxygens (including phenoxy) is 2. The van der Waals surface area contributed by atoms with Crippen LogP contribution in [0.15, 0.2) is 6.33 Å². The Bertz CT molecular complexity index is 491. The van der Waals surface area contributed by atoms with Crippen molar-refractivity contribution in [3.8, 4) is 0 Å². The fraction of sp³-hybridized carbons (Fsp3) is 0.882. The fourth-order valence-corrected chi connectivity index (χ4v) is 4.03. The van der Waals surface area contributed by atoms with Gasteiger partial charge < -0.3 is 9.47 Å². The summed E-state index contributed by atoms with van der Waals surface area (Å²) in [5.41, 5.74) is 0. The molecule has 1 aliphatic carbocycles. The first-order valence-electron chi connectivity index (χ1n) is 8.90. The van der Waals surface area contributed by atoms with Crippen molar-refractivity contribution in [2.75, 3.05) is 26.9 Å². The second kappa shape index (κ2) is 7.73. The van der Waals surface area contributed by atoms with Crippen molar-refractivity contribution >= 4 is 0 Å². The van der Waals surface area contributed by atoms with Crippen LogP contribution in [0.2, 0.25) is 0 Å². The van der Waals surface area contributed by atoms with Crippen molar-refractivity contribution in [3.63, 3.8) is 0 Å². The van der Waals surface area contributed by atoms with Gasteiger partial charge in [0.2, 0.25) is 0 Å². The van der Waals surface area contributed by atoms with Gasteiger partial charge >= 0.3 is 0 Å². The third kappa shape index (κ3) is 3.92. The number of hydrogen-bond donors (Lipinski definition) is 0. The summed E-state index contributed by atoms with van der Waals surface area (Å²) in [6, 6.07) is 0.431. The number of rotatable bonds is 6. The lowest BCUT2D eigenvalue weighted by Gasteiger charge is -2.40. The average Bonchev–Trinajstić information content (AvgIpc) is 3.17. The topological polar surface area (TPSA) is 52.4 Å². The molecule has 130 valence electrons. The summed E-state index contributed by atoms with van der Waals surface area (Å²) < 4.78 is 13.6. The lowest BCUT2D eigenvalue weighted by atomic mass is 9.94. The second-order valence-electron chi connectivity index (χ2n) is 7.23. The van der Waals surface area contributed by atoms with Gasteiger partial charge in [-0.2, -0.15) is 5.10 Å². The van der Waals surface area contributed by atoms with Crippen molar-refractivity contribution < 1.29 is 9.47 Å². The molecular weight excluding hydrogens is 292 g/mol. The summed E-state index contributed by atoms with van der Waals surface area (Å²) in [7, 11) is 1.84. The van der Waals surface area contributed by atoms with E-state index in [1.807, 2.05) is 7.11 Å². The van der Waals surface area contributed by atoms with E-state index in [9.17, 15) is 0 Å². The molecule has 3 atom stereocenters. The molecule has 0 amide bonds. The van der Waals surface area contributed by atoms with E-state index >= 15 is 0 Å². The largest absolute Gasteiger partial charge is 0.381 e. The number of aromatic nitrogens is 3. The number of hydrogen-bond acceptors (Lipinski definition) is 5. The Labute approximate surface area is 139 Å². The van der Waals surface area contributed by atoms with Crippen molar-refractivity contribution in [3.05, 3.63) is 12.2 Å². The SMILES string of the molecule is CO[C@@H]1CCC[C@@H]1[C@H]1COCCN1Cc1ncnn1CC(C)C. The molecule has 1 aromatic rings. The fourth-order valence-electron chi connectivity index (χ4n) is 4.03. The highest BCUT2D eigenvalue weighted by Gasteiger charge is 2.38. The maximum absolute atomic E-state index is 5.79. The normalized spacial score (nSPS) is 29.5. The lowest BCUT2D eigenvalue weighted by Crippen LogP contribution is -2.51. The van der Waals surface area contributed by atoms with E-state index in [0.717, 1.165) is 38.7 Å². The van der Waals surface area contributed by atoms with Gasteiger partial charge in [0.15, 0.2) is 0 Å². The summed E-state index contributed by atoms with van der Waals surface area (Å²) in [5.74, 6) is 2.21. The molecule has 0 radical (unpaired) electrons. The summed E-state index contributed by atoms with van der Waals surface area (Å²) in [5, 5.41) is 4.40. The molecule has 0 aromatic carbocycles. The molecule has 23 heavy (non-hydrogen) atoms. The molecule has 0 spiro atoms. The molecule has 2 fully saturated rings. The van der Waals surface area contributed by atoms with Crippen LogP contribution >= 0.6 is 0 Å². The van der Waals surface area contributed by atoms with Crippen LogP contribution in [-0.2, 0) is 22.6 Å². The summed E-state index contributed by atoms with van der Waals surface area (Å²) in [6.07, 6.45) is 5.73. The zero-order valence-corrected chi connectivity index (χ0v) is 14.6. The number of nitrogens with zero attached hydrogens (tertiary/aromatic N) is 4. The minimum Gasteiger partial charge on any atom is -0.381 e. The Morgan fingerprint density at radius 1 is 1.39 bits per heavy atom. The van der Waals surface area contributed by atoms with Crippen LogP contribution in [0.3, 0.4) is 0 Å². The third-order valence-electron chi connectivity index (χ3n) is 5.16. The molecule has 1 aliphatic heterocycles. The highest BCUT2D eigenvalue weighted by molar-refractivity contribution is 4.94. The van der Waals surface area contributed by atoms with Gasteiger partial charge in [-0.3, -0.25) is 4.90 Å². The quantitative estimate of drug-likeness (QED) is 0.801. The molecule has 0 bridgehead atoms. The van der Waals surface area contributed by atoms with Gasteiger partial charge in [0.1, 0.15) is 12.2 Å². The van der Waals surface area contributed by atoms with Crippen LogP contribution in [0.5, 0.6) is 0 Å². The van der Waals surface area contributed by atoms with Crippen LogP contribution in [0.25, 0.3) is 0 Å². The maximum Gasteiger partial charge on any atom is 0.141 e. The lowest BCUT2D eigenvalue weighted by molar-refractivity contribution is -0.0620.